The van der Waals surface area contributed by atoms with E-state index in [0.29, 0.717) is 16.1 Å². The number of pyridine rings is 3. The predicted molar refractivity (Wildman–Crippen MR) is 338 cm³/mol. The normalized spacial score (nSPS) is 10.8. The molecule has 6 amide bonds. The number of nitrogens with zero attached hydrogens (tertiary/aromatic N) is 5. The van der Waals surface area contributed by atoms with Crippen LogP contribution >= 0.6 is 47.8 Å². The number of rotatable bonds is 15. The van der Waals surface area contributed by atoms with Gasteiger partial charge in [-0.3, -0.25) is 34.2 Å². The molecule has 9 aromatic rings. The van der Waals surface area contributed by atoms with E-state index in [1.165, 1.54) is 85.3 Å². The number of carbonyl (C=O) groups excluding carboxylic acids is 6. The van der Waals surface area contributed by atoms with Crippen molar-refractivity contribution in [2.45, 2.75) is 0 Å². The van der Waals surface area contributed by atoms with Crippen molar-refractivity contribution in [3.63, 3.8) is 0 Å². The standard InChI is InChI=1S/C20H14BrF2N5O3.C20H15BrFN5O3.C20H15BrFN5O2/c21-11-2-6-17(25-9-11)27-20(30)14-8-12(22)3-5-16(14)26-19(29)13-4-1-10(7-15(13)23)18(24)28-31;21-12-6-8-17(24-10-12)26-20(29)14-3-1-2-4-16(14)25-19(28)13-7-5-11(9-15(13)22)18(23)27-30;21-12-6-8-17(25-10-12)27-20(29)14-3-1-2-4-16(14)26-19(28)13-7-5-11(18(23)24)9-15(13)22/h1-9,31H,(H2,24,28)(H,26,29)(H,25,27,30);1-10,30H,(H2,23,27)(H,25,28)(H,24,26,29);1-10H,(H3,23,24)(H,26,28)(H,25,27,29). The first-order valence-corrected chi connectivity index (χ1v) is 27.8. The number of aromatic nitrogens is 3. The lowest BCUT2D eigenvalue weighted by atomic mass is 10.1. The van der Waals surface area contributed by atoms with Gasteiger partial charge in [-0.05, 0) is 163 Å². The van der Waals surface area contributed by atoms with E-state index in [0.717, 1.165) is 45.3 Å². The van der Waals surface area contributed by atoms with E-state index in [2.05, 4.69) is 105 Å². The summed E-state index contributed by atoms with van der Waals surface area (Å²) in [7, 11) is 0. The zero-order valence-corrected chi connectivity index (χ0v) is 50.5. The van der Waals surface area contributed by atoms with E-state index in [1.807, 2.05) is 0 Å². The summed E-state index contributed by atoms with van der Waals surface area (Å²) in [4.78, 5) is 87.5. The number of para-hydroxylation sites is 2. The summed E-state index contributed by atoms with van der Waals surface area (Å²) in [6.07, 6.45) is 4.53. The highest BCUT2D eigenvalue weighted by atomic mass is 79.9. The molecule has 0 aliphatic rings. The van der Waals surface area contributed by atoms with E-state index in [4.69, 9.17) is 33.0 Å². The van der Waals surface area contributed by atoms with Crippen LogP contribution in [0.2, 0.25) is 0 Å². The number of oxime groups is 2. The maximum Gasteiger partial charge on any atom is 0.259 e. The van der Waals surface area contributed by atoms with E-state index in [1.54, 1.807) is 54.6 Å². The molecular weight excluding hydrogens is 1370 g/mol. The van der Waals surface area contributed by atoms with Crippen LogP contribution in [0.5, 0.6) is 0 Å². The largest absolute Gasteiger partial charge is 0.409 e. The van der Waals surface area contributed by atoms with Gasteiger partial charge in [0.1, 0.15) is 46.6 Å². The Labute approximate surface area is 531 Å². The number of benzene rings is 6. The fraction of sp³-hybridized carbons (Fsp3) is 0. The van der Waals surface area contributed by atoms with Crippen LogP contribution in [-0.4, -0.2) is 78.3 Å². The molecule has 3 aromatic heterocycles. The molecule has 0 radical (unpaired) electrons. The molecule has 6 aromatic carbocycles. The van der Waals surface area contributed by atoms with E-state index in [9.17, 15) is 46.3 Å². The lowest BCUT2D eigenvalue weighted by Gasteiger charge is -2.12. The minimum absolute atomic E-state index is 0.0408. The molecule has 0 fully saturated rings. The topological polar surface area (TPSA) is 380 Å². The number of anilines is 6. The van der Waals surface area contributed by atoms with Crippen molar-refractivity contribution in [1.29, 1.82) is 5.41 Å². The van der Waals surface area contributed by atoms with Crippen LogP contribution in [-0.2, 0) is 0 Å². The Kier molecular flexibility index (Phi) is 22.8. The summed E-state index contributed by atoms with van der Waals surface area (Å²) >= 11 is 9.74. The van der Waals surface area contributed by atoms with Crippen molar-refractivity contribution >= 4 is 135 Å². The Morgan fingerprint density at radius 2 is 0.711 bits per heavy atom. The van der Waals surface area contributed by atoms with Crippen molar-refractivity contribution in [2.24, 2.45) is 27.5 Å². The van der Waals surface area contributed by atoms with Crippen molar-refractivity contribution in [3.05, 3.63) is 263 Å². The first-order valence-electron chi connectivity index (χ1n) is 25.4. The van der Waals surface area contributed by atoms with Crippen LogP contribution in [0, 0.1) is 28.7 Å². The molecule has 0 saturated carbocycles. The molecule has 90 heavy (non-hydrogen) atoms. The molecular formula is C60H44Br3F4N15O8. The summed E-state index contributed by atoms with van der Waals surface area (Å²) in [6, 6.07) is 36.1. The minimum atomic E-state index is -0.936. The third-order valence-corrected chi connectivity index (χ3v) is 13.4. The van der Waals surface area contributed by atoms with E-state index in [-0.39, 0.29) is 90.5 Å². The molecule has 30 heteroatoms. The molecule has 0 aliphatic heterocycles. The van der Waals surface area contributed by atoms with Gasteiger partial charge in [-0.2, -0.15) is 0 Å². The van der Waals surface area contributed by atoms with Crippen molar-refractivity contribution < 1.29 is 56.7 Å². The maximum atomic E-state index is 14.3. The quantitative estimate of drug-likeness (QED) is 0.0149. The second kappa shape index (κ2) is 30.9. The highest BCUT2D eigenvalue weighted by molar-refractivity contribution is 9.11. The second-order valence-corrected chi connectivity index (χ2v) is 20.8. The smallest absolute Gasteiger partial charge is 0.259 e. The van der Waals surface area contributed by atoms with Gasteiger partial charge in [0, 0.05) is 48.7 Å². The number of carbonyl (C=O) groups is 6. The second-order valence-electron chi connectivity index (χ2n) is 18.1. The van der Waals surface area contributed by atoms with Crippen LogP contribution in [0.15, 0.2) is 200 Å². The van der Waals surface area contributed by atoms with Gasteiger partial charge < -0.3 is 59.5 Å². The minimum Gasteiger partial charge on any atom is -0.409 e. The first kappa shape index (κ1) is 66.3. The van der Waals surface area contributed by atoms with Crippen molar-refractivity contribution in [3.8, 4) is 0 Å². The number of amides is 6. The molecule has 0 unspecified atom stereocenters. The molecule has 9 rings (SSSR count). The lowest BCUT2D eigenvalue weighted by molar-refractivity contribution is 0.100. The van der Waals surface area contributed by atoms with Gasteiger partial charge in [0.05, 0.1) is 50.4 Å². The average molecular weight is 1420 g/mol. The fourth-order valence-electron chi connectivity index (χ4n) is 7.56. The third kappa shape index (κ3) is 17.9. The molecule has 0 aliphatic carbocycles. The first-order chi connectivity index (χ1) is 43.0. The number of nitrogens with one attached hydrogen (secondary N) is 7. The molecule has 23 nitrogen and oxygen atoms in total. The third-order valence-electron chi connectivity index (χ3n) is 12.0. The monoisotopic (exact) mass is 1420 g/mol. The van der Waals surface area contributed by atoms with Gasteiger partial charge in [0.15, 0.2) is 11.7 Å². The molecule has 0 spiro atoms. The number of nitrogen functional groups attached to an aromatic ring is 1. The van der Waals surface area contributed by atoms with Crippen molar-refractivity contribution in [1.82, 2.24) is 15.0 Å². The maximum absolute atomic E-state index is 14.3. The van der Waals surface area contributed by atoms with Gasteiger partial charge in [-0.25, -0.2) is 32.5 Å². The van der Waals surface area contributed by atoms with Gasteiger partial charge in [-0.15, -0.1) is 0 Å². The number of amidine groups is 3. The molecule has 3 heterocycles. The zero-order valence-electron chi connectivity index (χ0n) is 45.7. The van der Waals surface area contributed by atoms with E-state index >= 15 is 0 Å². The summed E-state index contributed by atoms with van der Waals surface area (Å²) in [6.45, 7) is 0. The fourth-order valence-corrected chi connectivity index (χ4v) is 8.27. The molecule has 0 atom stereocenters. The number of hydrogen-bond donors (Lipinski definition) is 12. The van der Waals surface area contributed by atoms with Gasteiger partial charge in [0.2, 0.25) is 0 Å². The summed E-state index contributed by atoms with van der Waals surface area (Å²) in [5.74, 6) is -7.47. The Hall–Kier alpha value is -11.2. The Bertz CT molecular complexity index is 4290. The highest BCUT2D eigenvalue weighted by Gasteiger charge is 2.22. The van der Waals surface area contributed by atoms with Crippen LogP contribution in [0.1, 0.15) is 78.8 Å². The lowest BCUT2D eigenvalue weighted by Crippen LogP contribution is -2.20. The number of halogens is 7. The molecule has 0 bridgehead atoms. The Morgan fingerprint density at radius 1 is 0.389 bits per heavy atom. The highest BCUT2D eigenvalue weighted by Crippen LogP contribution is 2.25. The van der Waals surface area contributed by atoms with Crippen LogP contribution in [0.4, 0.5) is 52.1 Å². The van der Waals surface area contributed by atoms with Gasteiger partial charge in [0.25, 0.3) is 35.4 Å². The molecule has 15 N–H and O–H groups in total. The molecule has 456 valence electrons. The zero-order chi connectivity index (χ0) is 65.2. The van der Waals surface area contributed by atoms with Gasteiger partial charge in [-0.1, -0.05) is 52.8 Å². The average Bonchev–Trinajstić information content (AvgIpc) is 1.90. The Morgan fingerprint density at radius 3 is 1.04 bits per heavy atom. The summed E-state index contributed by atoms with van der Waals surface area (Å²) < 4.78 is 58.9. The summed E-state index contributed by atoms with van der Waals surface area (Å²) in [5.41, 5.74) is 16.2. The molecule has 0 saturated heterocycles. The summed E-state index contributed by atoms with van der Waals surface area (Å²) in [5, 5.41) is 45.4. The van der Waals surface area contributed by atoms with Crippen LogP contribution < -0.4 is 49.1 Å². The predicted octanol–water partition coefficient (Wildman–Crippen LogP) is 11.1. The number of hydrogen-bond acceptors (Lipinski definition) is 14. The Balaban J connectivity index is 0.000000192. The van der Waals surface area contributed by atoms with Gasteiger partial charge >= 0.3 is 0 Å². The SMILES string of the molecule is N/C(=N/O)c1ccc(C(=O)Nc2ccc(F)cc2C(=O)Nc2ccc(Br)cn2)c(F)c1.N/C(=N/O)c1ccc(C(=O)Nc2ccccc2C(=O)Nc2ccc(Br)cn2)c(F)c1.N=C(N)c1ccc(C(=O)Nc2ccccc2C(=O)Nc2ccc(Br)cn2)c(F)c1. The van der Waals surface area contributed by atoms with Crippen LogP contribution in [0.3, 0.4) is 0 Å². The number of nitrogens with two attached hydrogens (primary N) is 3. The van der Waals surface area contributed by atoms with Crippen LogP contribution in [0.25, 0.3) is 0 Å². The van der Waals surface area contributed by atoms with E-state index < -0.39 is 58.7 Å². The van der Waals surface area contributed by atoms with Crippen molar-refractivity contribution in [2.75, 3.05) is 31.9 Å².